The van der Waals surface area contributed by atoms with Gasteiger partial charge in [0, 0.05) is 5.56 Å². The molecule has 0 unspecified atom stereocenters. The molecule has 1 aromatic carbocycles. The largest absolute Gasteiger partial charge is 0.497 e. The van der Waals surface area contributed by atoms with Crippen molar-refractivity contribution in [3.8, 4) is 5.75 Å². The van der Waals surface area contributed by atoms with Gasteiger partial charge in [-0.3, -0.25) is 4.79 Å². The quantitative estimate of drug-likeness (QED) is 0.777. The van der Waals surface area contributed by atoms with Crippen LogP contribution in [0.15, 0.2) is 18.2 Å². The molecule has 2 N–H and O–H groups in total. The third kappa shape index (κ3) is 1.42. The first kappa shape index (κ1) is 11.1. The standard InChI is InChI=1S/C12H14O4/c1-16-9-2-3-10-8(4-9)5-12(6-13,7-14)11(10)15/h2-4,13-14H,5-7H2,1H3. The van der Waals surface area contributed by atoms with Crippen LogP contribution in [0.4, 0.5) is 0 Å². The number of aliphatic hydroxyl groups is 2. The number of Topliss-reactive ketones (excluding diaryl/α,β-unsaturated/α-hetero) is 1. The highest BCUT2D eigenvalue weighted by Crippen LogP contribution is 2.37. The van der Waals surface area contributed by atoms with Crippen molar-refractivity contribution in [2.24, 2.45) is 5.41 Å². The number of hydrogen-bond acceptors (Lipinski definition) is 4. The topological polar surface area (TPSA) is 66.8 Å². The number of carbonyl (C=O) groups is 1. The van der Waals surface area contributed by atoms with Crippen molar-refractivity contribution in [2.75, 3.05) is 20.3 Å². The van der Waals surface area contributed by atoms with E-state index in [1.54, 1.807) is 25.3 Å². The van der Waals surface area contributed by atoms with E-state index in [0.29, 0.717) is 17.7 Å². The number of ether oxygens (including phenoxy) is 1. The first-order valence-electron chi connectivity index (χ1n) is 5.10. The van der Waals surface area contributed by atoms with Crippen LogP contribution in [0.25, 0.3) is 0 Å². The Morgan fingerprint density at radius 1 is 1.38 bits per heavy atom. The zero-order valence-electron chi connectivity index (χ0n) is 9.06. The Morgan fingerprint density at radius 2 is 2.06 bits per heavy atom. The second-order valence-electron chi connectivity index (χ2n) is 4.13. The van der Waals surface area contributed by atoms with Crippen LogP contribution in [0.3, 0.4) is 0 Å². The van der Waals surface area contributed by atoms with Gasteiger partial charge in [-0.15, -0.1) is 0 Å². The number of ketones is 1. The first-order chi connectivity index (χ1) is 7.66. The highest BCUT2D eigenvalue weighted by Gasteiger charge is 2.44. The summed E-state index contributed by atoms with van der Waals surface area (Å²) < 4.78 is 5.07. The average molecular weight is 222 g/mol. The molecule has 0 aromatic heterocycles. The van der Waals surface area contributed by atoms with Crippen LogP contribution in [-0.4, -0.2) is 36.3 Å². The third-order valence-electron chi connectivity index (χ3n) is 3.17. The van der Waals surface area contributed by atoms with E-state index in [0.717, 1.165) is 5.56 Å². The van der Waals surface area contributed by atoms with E-state index in [1.807, 2.05) is 0 Å². The van der Waals surface area contributed by atoms with Gasteiger partial charge >= 0.3 is 0 Å². The summed E-state index contributed by atoms with van der Waals surface area (Å²) in [6.07, 6.45) is 0.366. The van der Waals surface area contributed by atoms with Gasteiger partial charge in [-0.2, -0.15) is 0 Å². The van der Waals surface area contributed by atoms with E-state index in [4.69, 9.17) is 4.74 Å². The van der Waals surface area contributed by atoms with Crippen molar-refractivity contribution in [1.82, 2.24) is 0 Å². The average Bonchev–Trinajstić information content (AvgIpc) is 2.62. The number of methoxy groups -OCH3 is 1. The molecule has 0 saturated carbocycles. The molecule has 1 aliphatic rings. The smallest absolute Gasteiger partial charge is 0.174 e. The minimum absolute atomic E-state index is 0.185. The lowest BCUT2D eigenvalue weighted by Crippen LogP contribution is -2.36. The van der Waals surface area contributed by atoms with Crippen LogP contribution < -0.4 is 4.74 Å². The lowest BCUT2D eigenvalue weighted by atomic mass is 9.86. The second kappa shape index (κ2) is 3.88. The molecule has 16 heavy (non-hydrogen) atoms. The molecule has 0 spiro atoms. The summed E-state index contributed by atoms with van der Waals surface area (Å²) in [4.78, 5) is 12.0. The second-order valence-corrected chi connectivity index (χ2v) is 4.13. The summed E-state index contributed by atoms with van der Waals surface area (Å²) in [7, 11) is 1.56. The maximum atomic E-state index is 12.0. The van der Waals surface area contributed by atoms with Crippen LogP contribution in [0.1, 0.15) is 15.9 Å². The Morgan fingerprint density at radius 3 is 2.62 bits per heavy atom. The van der Waals surface area contributed by atoms with Gasteiger partial charge in [0.15, 0.2) is 5.78 Å². The third-order valence-corrected chi connectivity index (χ3v) is 3.17. The monoisotopic (exact) mass is 222 g/mol. The van der Waals surface area contributed by atoms with Crippen LogP contribution in [0, 0.1) is 5.41 Å². The van der Waals surface area contributed by atoms with Crippen molar-refractivity contribution in [2.45, 2.75) is 6.42 Å². The lowest BCUT2D eigenvalue weighted by Gasteiger charge is -2.20. The van der Waals surface area contributed by atoms with Gasteiger partial charge in [0.2, 0.25) is 0 Å². The molecule has 86 valence electrons. The minimum atomic E-state index is -1.05. The van der Waals surface area contributed by atoms with E-state index in [1.165, 1.54) is 0 Å². The Labute approximate surface area is 93.5 Å². The molecular formula is C12H14O4. The van der Waals surface area contributed by atoms with E-state index in [-0.39, 0.29) is 19.0 Å². The molecule has 0 bridgehead atoms. The number of fused-ring (bicyclic) bond motifs is 1. The zero-order chi connectivity index (χ0) is 11.8. The summed E-state index contributed by atoms with van der Waals surface area (Å²) >= 11 is 0. The molecule has 1 aliphatic carbocycles. The maximum Gasteiger partial charge on any atom is 0.174 e. The molecule has 2 rings (SSSR count). The van der Waals surface area contributed by atoms with Gasteiger partial charge in [-0.25, -0.2) is 0 Å². The van der Waals surface area contributed by atoms with Crippen LogP contribution in [-0.2, 0) is 6.42 Å². The molecule has 0 atom stereocenters. The van der Waals surface area contributed by atoms with E-state index in [9.17, 15) is 15.0 Å². The van der Waals surface area contributed by atoms with E-state index >= 15 is 0 Å². The van der Waals surface area contributed by atoms with Gasteiger partial charge in [-0.1, -0.05) is 0 Å². The van der Waals surface area contributed by atoms with Gasteiger partial charge in [0.25, 0.3) is 0 Å². The van der Waals surface area contributed by atoms with Gasteiger partial charge in [0.1, 0.15) is 5.75 Å². The van der Waals surface area contributed by atoms with E-state index in [2.05, 4.69) is 0 Å². The van der Waals surface area contributed by atoms with Gasteiger partial charge in [-0.05, 0) is 30.2 Å². The summed E-state index contributed by atoms with van der Waals surface area (Å²) in [5.74, 6) is 0.494. The summed E-state index contributed by atoms with van der Waals surface area (Å²) in [5, 5.41) is 18.5. The molecule has 4 heteroatoms. The molecule has 0 amide bonds. The molecule has 0 saturated heterocycles. The minimum Gasteiger partial charge on any atom is -0.497 e. The highest BCUT2D eigenvalue weighted by molar-refractivity contribution is 6.05. The first-order valence-corrected chi connectivity index (χ1v) is 5.10. The Balaban J connectivity index is 2.45. The molecule has 4 nitrogen and oxygen atoms in total. The predicted molar refractivity (Wildman–Crippen MR) is 57.6 cm³/mol. The van der Waals surface area contributed by atoms with Crippen LogP contribution >= 0.6 is 0 Å². The maximum absolute atomic E-state index is 12.0. The zero-order valence-corrected chi connectivity index (χ0v) is 9.06. The fraction of sp³-hybridized carbons (Fsp3) is 0.417. The lowest BCUT2D eigenvalue weighted by molar-refractivity contribution is 0.0456. The van der Waals surface area contributed by atoms with Crippen molar-refractivity contribution < 1.29 is 19.7 Å². The Kier molecular flexibility index (Phi) is 2.69. The number of carbonyl (C=O) groups excluding carboxylic acids is 1. The number of hydrogen-bond donors (Lipinski definition) is 2. The normalized spacial score (nSPS) is 17.3. The summed E-state index contributed by atoms with van der Waals surface area (Å²) in [6, 6.07) is 5.17. The summed E-state index contributed by atoms with van der Waals surface area (Å²) in [5.41, 5.74) is 0.352. The molecule has 0 radical (unpaired) electrons. The fourth-order valence-electron chi connectivity index (χ4n) is 2.10. The Hall–Kier alpha value is -1.39. The van der Waals surface area contributed by atoms with Gasteiger partial charge in [0.05, 0.1) is 25.7 Å². The highest BCUT2D eigenvalue weighted by atomic mass is 16.5. The number of benzene rings is 1. The SMILES string of the molecule is COc1ccc2c(c1)CC(CO)(CO)C2=O. The van der Waals surface area contributed by atoms with Crippen molar-refractivity contribution in [1.29, 1.82) is 0 Å². The molecule has 1 aromatic rings. The molecule has 0 heterocycles. The summed E-state index contributed by atoms with van der Waals surface area (Å²) in [6.45, 7) is -0.668. The van der Waals surface area contributed by atoms with Crippen molar-refractivity contribution >= 4 is 5.78 Å². The van der Waals surface area contributed by atoms with Crippen molar-refractivity contribution in [3.05, 3.63) is 29.3 Å². The molecular weight excluding hydrogens is 208 g/mol. The number of aliphatic hydroxyl groups excluding tert-OH is 2. The van der Waals surface area contributed by atoms with Crippen LogP contribution in [0.5, 0.6) is 5.75 Å². The molecule has 0 fully saturated rings. The van der Waals surface area contributed by atoms with E-state index < -0.39 is 5.41 Å². The molecule has 0 aliphatic heterocycles. The number of rotatable bonds is 3. The van der Waals surface area contributed by atoms with Crippen LogP contribution in [0.2, 0.25) is 0 Å². The predicted octanol–water partition coefficient (Wildman–Crippen LogP) is 0.405. The van der Waals surface area contributed by atoms with Crippen molar-refractivity contribution in [3.63, 3.8) is 0 Å². The fourth-order valence-corrected chi connectivity index (χ4v) is 2.10. The van der Waals surface area contributed by atoms with Gasteiger partial charge < -0.3 is 14.9 Å². The Bertz CT molecular complexity index is 421.